The number of aryl methyl sites for hydroxylation is 1. The van der Waals surface area contributed by atoms with E-state index in [0.29, 0.717) is 5.75 Å². The van der Waals surface area contributed by atoms with Gasteiger partial charge in [0.25, 0.3) is 0 Å². The van der Waals surface area contributed by atoms with E-state index in [0.717, 1.165) is 19.9 Å². The molecule has 1 aromatic carbocycles. The quantitative estimate of drug-likeness (QED) is 0.620. The molecule has 0 bridgehead atoms. The molecule has 1 aromatic heterocycles. The number of rotatable bonds is 0. The summed E-state index contributed by atoms with van der Waals surface area (Å²) >= 11 is 5.99. The average Bonchev–Trinajstić information content (AvgIpc) is 2.29. The van der Waals surface area contributed by atoms with Crippen molar-refractivity contribution in [3.63, 3.8) is 0 Å². The molecule has 0 aliphatic carbocycles. The highest BCUT2D eigenvalue weighted by molar-refractivity contribution is 7.80. The van der Waals surface area contributed by atoms with Gasteiger partial charge in [0.05, 0.1) is 0 Å². The average molecular weight is 196 g/mol. The standard InChI is InChI=1S/C9H8OS2/c1-5-9(11)8-6(10)3-2-4-7(8)12-5/h2-4,10-11H,1H3. The third-order valence-electron chi connectivity index (χ3n) is 1.84. The van der Waals surface area contributed by atoms with Crippen molar-refractivity contribution in [2.24, 2.45) is 0 Å². The Morgan fingerprint density at radius 1 is 1.42 bits per heavy atom. The van der Waals surface area contributed by atoms with Crippen LogP contribution in [0.25, 0.3) is 10.1 Å². The van der Waals surface area contributed by atoms with E-state index in [1.54, 1.807) is 17.4 Å². The summed E-state index contributed by atoms with van der Waals surface area (Å²) in [5.41, 5.74) is 0. The van der Waals surface area contributed by atoms with Crippen LogP contribution in [0.2, 0.25) is 0 Å². The van der Waals surface area contributed by atoms with E-state index in [2.05, 4.69) is 12.6 Å². The van der Waals surface area contributed by atoms with Gasteiger partial charge in [-0.05, 0) is 19.1 Å². The van der Waals surface area contributed by atoms with Gasteiger partial charge >= 0.3 is 0 Å². The minimum absolute atomic E-state index is 0.321. The van der Waals surface area contributed by atoms with Gasteiger partial charge in [-0.2, -0.15) is 0 Å². The molecule has 62 valence electrons. The minimum Gasteiger partial charge on any atom is -0.507 e. The second-order valence-electron chi connectivity index (χ2n) is 2.66. The summed E-state index contributed by atoms with van der Waals surface area (Å²) in [6.07, 6.45) is 0. The largest absolute Gasteiger partial charge is 0.507 e. The number of benzene rings is 1. The van der Waals surface area contributed by atoms with Gasteiger partial charge in [0.1, 0.15) is 5.75 Å². The number of phenolic OH excluding ortho intramolecular Hbond substituents is 1. The monoisotopic (exact) mass is 196 g/mol. The SMILES string of the molecule is Cc1sc2cccc(O)c2c1S. The number of fused-ring (bicyclic) bond motifs is 1. The predicted octanol–water partition coefficient (Wildman–Crippen LogP) is 3.20. The van der Waals surface area contributed by atoms with E-state index < -0.39 is 0 Å². The second-order valence-corrected chi connectivity index (χ2v) is 4.36. The van der Waals surface area contributed by atoms with Crippen molar-refractivity contribution in [2.45, 2.75) is 11.8 Å². The Kier molecular flexibility index (Phi) is 1.77. The van der Waals surface area contributed by atoms with Crippen LogP contribution >= 0.6 is 24.0 Å². The molecule has 0 spiro atoms. The summed E-state index contributed by atoms with van der Waals surface area (Å²) in [6, 6.07) is 5.53. The Balaban J connectivity index is 2.97. The van der Waals surface area contributed by atoms with E-state index in [1.807, 2.05) is 19.1 Å². The lowest BCUT2D eigenvalue weighted by Crippen LogP contribution is -1.67. The first-order valence-electron chi connectivity index (χ1n) is 3.60. The molecule has 1 nitrogen and oxygen atoms in total. The summed E-state index contributed by atoms with van der Waals surface area (Å²) in [4.78, 5) is 2.04. The summed E-state index contributed by atoms with van der Waals surface area (Å²) in [5.74, 6) is 0.321. The summed E-state index contributed by atoms with van der Waals surface area (Å²) < 4.78 is 1.09. The van der Waals surface area contributed by atoms with Crippen molar-refractivity contribution in [1.29, 1.82) is 0 Å². The van der Waals surface area contributed by atoms with Gasteiger partial charge in [-0.3, -0.25) is 0 Å². The third-order valence-corrected chi connectivity index (χ3v) is 3.62. The van der Waals surface area contributed by atoms with Crippen LogP contribution in [0.15, 0.2) is 23.1 Å². The molecule has 2 aromatic rings. The topological polar surface area (TPSA) is 20.2 Å². The summed E-state index contributed by atoms with van der Waals surface area (Å²) in [6.45, 7) is 2.01. The first-order valence-corrected chi connectivity index (χ1v) is 4.86. The minimum atomic E-state index is 0.321. The van der Waals surface area contributed by atoms with Gasteiger partial charge in [-0.1, -0.05) is 6.07 Å². The molecule has 1 heterocycles. The molecule has 0 unspecified atom stereocenters. The highest BCUT2D eigenvalue weighted by Gasteiger charge is 2.08. The fourth-order valence-corrected chi connectivity index (χ4v) is 2.66. The maximum atomic E-state index is 9.52. The van der Waals surface area contributed by atoms with Crippen molar-refractivity contribution < 1.29 is 5.11 Å². The van der Waals surface area contributed by atoms with E-state index >= 15 is 0 Å². The highest BCUT2D eigenvalue weighted by atomic mass is 32.1. The van der Waals surface area contributed by atoms with Crippen molar-refractivity contribution in [1.82, 2.24) is 0 Å². The zero-order chi connectivity index (χ0) is 8.72. The molecule has 3 heteroatoms. The number of thiol groups is 1. The van der Waals surface area contributed by atoms with Crippen LogP contribution in [0.4, 0.5) is 0 Å². The number of phenols is 1. The number of hydrogen-bond donors (Lipinski definition) is 2. The highest BCUT2D eigenvalue weighted by Crippen LogP contribution is 2.38. The molecule has 0 saturated carbocycles. The molecule has 0 aliphatic rings. The van der Waals surface area contributed by atoms with Crippen molar-refractivity contribution in [3.05, 3.63) is 23.1 Å². The zero-order valence-electron chi connectivity index (χ0n) is 6.53. The van der Waals surface area contributed by atoms with Crippen molar-refractivity contribution in [3.8, 4) is 5.75 Å². The fraction of sp³-hybridized carbons (Fsp3) is 0.111. The molecule has 1 N–H and O–H groups in total. The first-order chi connectivity index (χ1) is 5.70. The smallest absolute Gasteiger partial charge is 0.125 e. The first kappa shape index (κ1) is 7.95. The molecule has 0 atom stereocenters. The Morgan fingerprint density at radius 3 is 2.83 bits per heavy atom. The van der Waals surface area contributed by atoms with Gasteiger partial charge in [0.15, 0.2) is 0 Å². The normalized spacial score (nSPS) is 10.8. The van der Waals surface area contributed by atoms with Crippen molar-refractivity contribution >= 4 is 34.1 Å². The second kappa shape index (κ2) is 2.68. The molecule has 0 saturated heterocycles. The molecule has 0 aliphatic heterocycles. The Hall–Kier alpha value is -0.670. The van der Waals surface area contributed by atoms with E-state index in [9.17, 15) is 5.11 Å². The van der Waals surface area contributed by atoms with Gasteiger partial charge in [-0.15, -0.1) is 24.0 Å². The Labute approximate surface area is 80.1 Å². The number of aromatic hydroxyl groups is 1. The van der Waals surface area contributed by atoms with Crippen LogP contribution in [0.5, 0.6) is 5.75 Å². The van der Waals surface area contributed by atoms with Crippen LogP contribution in [0.1, 0.15) is 4.88 Å². The van der Waals surface area contributed by atoms with Gasteiger partial charge in [-0.25, -0.2) is 0 Å². The van der Waals surface area contributed by atoms with Crippen LogP contribution in [-0.4, -0.2) is 5.11 Å². The predicted molar refractivity (Wildman–Crippen MR) is 55.5 cm³/mol. The maximum absolute atomic E-state index is 9.52. The molecule has 12 heavy (non-hydrogen) atoms. The Bertz CT molecular complexity index is 431. The zero-order valence-corrected chi connectivity index (χ0v) is 8.25. The molecule has 0 radical (unpaired) electrons. The molecule has 0 fully saturated rings. The van der Waals surface area contributed by atoms with Crippen LogP contribution in [-0.2, 0) is 0 Å². The lowest BCUT2D eigenvalue weighted by molar-refractivity contribution is 0.481. The van der Waals surface area contributed by atoms with Gasteiger partial charge in [0, 0.05) is 19.9 Å². The van der Waals surface area contributed by atoms with Crippen molar-refractivity contribution in [2.75, 3.05) is 0 Å². The lowest BCUT2D eigenvalue weighted by Gasteiger charge is -1.94. The number of hydrogen-bond acceptors (Lipinski definition) is 3. The van der Waals surface area contributed by atoms with E-state index in [4.69, 9.17) is 0 Å². The molecule has 2 rings (SSSR count). The number of thiophene rings is 1. The third kappa shape index (κ3) is 1.01. The van der Waals surface area contributed by atoms with E-state index in [1.165, 1.54) is 0 Å². The van der Waals surface area contributed by atoms with Crippen LogP contribution in [0, 0.1) is 6.92 Å². The maximum Gasteiger partial charge on any atom is 0.125 e. The van der Waals surface area contributed by atoms with Crippen LogP contribution < -0.4 is 0 Å². The summed E-state index contributed by atoms with van der Waals surface area (Å²) in [7, 11) is 0. The lowest BCUT2D eigenvalue weighted by atomic mass is 10.2. The van der Waals surface area contributed by atoms with Gasteiger partial charge in [0.2, 0.25) is 0 Å². The molecular formula is C9H8OS2. The fourth-order valence-electron chi connectivity index (χ4n) is 1.23. The van der Waals surface area contributed by atoms with E-state index in [-0.39, 0.29) is 0 Å². The van der Waals surface area contributed by atoms with Crippen LogP contribution in [0.3, 0.4) is 0 Å². The molecular weight excluding hydrogens is 188 g/mol. The van der Waals surface area contributed by atoms with Gasteiger partial charge < -0.3 is 5.11 Å². The summed E-state index contributed by atoms with van der Waals surface area (Å²) in [5, 5.41) is 10.4. The molecule has 0 amide bonds. The Morgan fingerprint density at radius 2 is 2.17 bits per heavy atom.